The van der Waals surface area contributed by atoms with Crippen LogP contribution in [0.3, 0.4) is 0 Å². The van der Waals surface area contributed by atoms with E-state index in [0.717, 1.165) is 38.5 Å². The fourth-order valence-electron chi connectivity index (χ4n) is 8.58. The molecule has 6 N–H and O–H groups in total. The first-order chi connectivity index (χ1) is 28.8. The van der Waals surface area contributed by atoms with E-state index in [1.807, 2.05) is 0 Å². The molecule has 59 heavy (non-hydrogen) atoms. The third kappa shape index (κ3) is 31.6. The van der Waals surface area contributed by atoms with Gasteiger partial charge in [-0.25, -0.2) is 0 Å². The van der Waals surface area contributed by atoms with Crippen LogP contribution in [0.15, 0.2) is 0 Å². The molecule has 0 bridgehead atoms. The molecule has 1 rings (SSSR count). The first-order valence-corrected chi connectivity index (χ1v) is 25.7. The highest BCUT2D eigenvalue weighted by atomic mass is 16.7. The predicted octanol–water partition coefficient (Wildman–Crippen LogP) is 11.5. The second-order valence-corrected chi connectivity index (χ2v) is 18.3. The van der Waals surface area contributed by atoms with Crippen molar-refractivity contribution < 1.29 is 39.8 Å². The van der Waals surface area contributed by atoms with E-state index in [1.54, 1.807) is 0 Å². The average Bonchev–Trinajstić information content (AvgIpc) is 3.23. The fourth-order valence-corrected chi connectivity index (χ4v) is 8.58. The van der Waals surface area contributed by atoms with Crippen LogP contribution in [0, 0.1) is 0 Å². The first-order valence-electron chi connectivity index (χ1n) is 25.7. The smallest absolute Gasteiger partial charge is 0.220 e. The molecule has 1 saturated heterocycles. The van der Waals surface area contributed by atoms with Crippen LogP contribution in [0.5, 0.6) is 0 Å². The molecule has 0 saturated carbocycles. The van der Waals surface area contributed by atoms with Gasteiger partial charge >= 0.3 is 0 Å². The SMILES string of the molecule is CCCCCCCCCCCCCCCCCCCCCCCCCCCCCCC(O)C(COC1OC(CO)C(O)C(O)C1O)NC(=O)CCCCCCCCCC. The number of amides is 1. The number of aliphatic hydroxyl groups is 5. The number of carbonyl (C=O) groups excluding carboxylic acids is 1. The molecule has 1 aliphatic rings. The van der Waals surface area contributed by atoms with Crippen molar-refractivity contribution in [3.05, 3.63) is 0 Å². The molecule has 9 nitrogen and oxygen atoms in total. The highest BCUT2D eigenvalue weighted by Crippen LogP contribution is 2.23. The minimum atomic E-state index is -1.55. The Morgan fingerprint density at radius 2 is 0.847 bits per heavy atom. The lowest BCUT2D eigenvalue weighted by atomic mass is 9.99. The van der Waals surface area contributed by atoms with Crippen LogP contribution in [-0.2, 0) is 14.3 Å². The van der Waals surface area contributed by atoms with Crippen LogP contribution in [0.2, 0.25) is 0 Å². The number of carbonyl (C=O) groups is 1. The van der Waals surface area contributed by atoms with E-state index in [4.69, 9.17) is 9.47 Å². The molecular weight excluding hydrogens is 743 g/mol. The zero-order valence-electron chi connectivity index (χ0n) is 38.8. The Hall–Kier alpha value is -0.810. The Balaban J connectivity index is 2.11. The summed E-state index contributed by atoms with van der Waals surface area (Å²) in [6.07, 6.45) is 40.1. The zero-order chi connectivity index (χ0) is 43.0. The Bertz CT molecular complexity index is 893. The van der Waals surface area contributed by atoms with Crippen LogP contribution in [0.25, 0.3) is 0 Å². The summed E-state index contributed by atoms with van der Waals surface area (Å²) in [5.74, 6) is -0.146. The van der Waals surface area contributed by atoms with Crippen molar-refractivity contribution in [2.45, 2.75) is 301 Å². The molecule has 9 heteroatoms. The summed E-state index contributed by atoms with van der Waals surface area (Å²) in [6, 6.07) is -0.710. The van der Waals surface area contributed by atoms with Gasteiger partial charge < -0.3 is 40.3 Å². The third-order valence-electron chi connectivity index (χ3n) is 12.7. The van der Waals surface area contributed by atoms with Gasteiger partial charge in [0.15, 0.2) is 6.29 Å². The zero-order valence-corrected chi connectivity index (χ0v) is 38.8. The summed E-state index contributed by atoms with van der Waals surface area (Å²) < 4.78 is 11.2. The van der Waals surface area contributed by atoms with Gasteiger partial charge in [0.1, 0.15) is 24.4 Å². The van der Waals surface area contributed by atoms with Gasteiger partial charge in [0.25, 0.3) is 0 Å². The molecule has 1 amide bonds. The Labute approximate surface area is 364 Å². The van der Waals surface area contributed by atoms with Crippen molar-refractivity contribution in [2.24, 2.45) is 0 Å². The number of nitrogens with one attached hydrogen (secondary N) is 1. The quantitative estimate of drug-likeness (QED) is 0.0332. The number of aliphatic hydroxyl groups excluding tert-OH is 5. The van der Waals surface area contributed by atoms with E-state index in [2.05, 4.69) is 19.2 Å². The highest BCUT2D eigenvalue weighted by molar-refractivity contribution is 5.76. The summed E-state index contributed by atoms with van der Waals surface area (Å²) >= 11 is 0. The summed E-state index contributed by atoms with van der Waals surface area (Å²) in [5, 5.41) is 54.3. The number of ether oxygens (including phenoxy) is 2. The molecule has 1 heterocycles. The summed E-state index contributed by atoms with van der Waals surface area (Å²) in [7, 11) is 0. The van der Waals surface area contributed by atoms with E-state index in [1.165, 1.54) is 193 Å². The molecule has 0 aliphatic carbocycles. The van der Waals surface area contributed by atoms with E-state index in [9.17, 15) is 30.3 Å². The van der Waals surface area contributed by atoms with E-state index in [-0.39, 0.29) is 12.5 Å². The van der Waals surface area contributed by atoms with Crippen LogP contribution >= 0.6 is 0 Å². The minimum Gasteiger partial charge on any atom is -0.394 e. The van der Waals surface area contributed by atoms with Crippen LogP contribution in [0.4, 0.5) is 0 Å². The highest BCUT2D eigenvalue weighted by Gasteiger charge is 2.44. The van der Waals surface area contributed by atoms with E-state index in [0.29, 0.717) is 12.8 Å². The monoisotopic (exact) mass is 842 g/mol. The van der Waals surface area contributed by atoms with Crippen molar-refractivity contribution in [1.82, 2.24) is 5.32 Å². The van der Waals surface area contributed by atoms with Gasteiger partial charge in [0, 0.05) is 6.42 Å². The summed E-state index contributed by atoms with van der Waals surface area (Å²) in [5.41, 5.74) is 0. The van der Waals surface area contributed by atoms with Crippen molar-refractivity contribution in [2.75, 3.05) is 13.2 Å². The second-order valence-electron chi connectivity index (χ2n) is 18.3. The molecule has 0 aromatic carbocycles. The second kappa shape index (κ2) is 41.2. The Morgan fingerprint density at radius 1 is 0.508 bits per heavy atom. The third-order valence-corrected chi connectivity index (χ3v) is 12.7. The molecular formula is C50H99NO8. The maximum Gasteiger partial charge on any atom is 0.220 e. The van der Waals surface area contributed by atoms with E-state index < -0.39 is 49.5 Å². The Kier molecular flexibility index (Phi) is 39.3. The number of unbranched alkanes of at least 4 members (excludes halogenated alkanes) is 34. The van der Waals surface area contributed by atoms with Crippen molar-refractivity contribution in [3.63, 3.8) is 0 Å². The number of hydrogen-bond donors (Lipinski definition) is 6. The van der Waals surface area contributed by atoms with Crippen molar-refractivity contribution >= 4 is 5.91 Å². The standard InChI is InChI=1S/C50H99NO8/c1-3-5-7-9-11-13-14-15-16-17-18-19-20-21-22-23-24-25-26-27-28-29-30-31-32-33-35-37-39-44(53)43(51-46(54)40-38-36-34-12-10-8-6-4-2)42-58-50-49(57)48(56)47(55)45(41-52)59-50/h43-45,47-50,52-53,55-57H,3-42H2,1-2H3,(H,51,54). The number of rotatable bonds is 44. The molecule has 1 fully saturated rings. The predicted molar refractivity (Wildman–Crippen MR) is 244 cm³/mol. The Morgan fingerprint density at radius 3 is 1.20 bits per heavy atom. The van der Waals surface area contributed by atoms with E-state index >= 15 is 0 Å². The maximum atomic E-state index is 12.9. The number of hydrogen-bond acceptors (Lipinski definition) is 8. The van der Waals surface area contributed by atoms with Crippen LogP contribution in [-0.4, -0.2) is 87.5 Å². The first kappa shape index (κ1) is 56.2. The van der Waals surface area contributed by atoms with Crippen molar-refractivity contribution in [1.29, 1.82) is 0 Å². The van der Waals surface area contributed by atoms with Gasteiger partial charge in [-0.2, -0.15) is 0 Å². The lowest BCUT2D eigenvalue weighted by Gasteiger charge is -2.40. The lowest BCUT2D eigenvalue weighted by Crippen LogP contribution is -2.60. The molecule has 352 valence electrons. The van der Waals surface area contributed by atoms with Crippen LogP contribution in [0.1, 0.15) is 258 Å². The normalized spacial score (nSPS) is 20.6. The molecule has 1 aliphatic heterocycles. The maximum absolute atomic E-state index is 12.9. The van der Waals surface area contributed by atoms with Crippen LogP contribution < -0.4 is 5.32 Å². The lowest BCUT2D eigenvalue weighted by molar-refractivity contribution is -0.302. The summed E-state index contributed by atoms with van der Waals surface area (Å²) in [4.78, 5) is 12.9. The minimum absolute atomic E-state index is 0.132. The summed E-state index contributed by atoms with van der Waals surface area (Å²) in [6.45, 7) is 3.82. The van der Waals surface area contributed by atoms with Gasteiger partial charge in [0.2, 0.25) is 5.91 Å². The van der Waals surface area contributed by atoms with Crippen molar-refractivity contribution in [3.8, 4) is 0 Å². The average molecular weight is 842 g/mol. The molecule has 0 spiro atoms. The van der Waals surface area contributed by atoms with Gasteiger partial charge in [-0.15, -0.1) is 0 Å². The molecule has 0 aromatic rings. The molecule has 7 atom stereocenters. The molecule has 7 unspecified atom stereocenters. The largest absolute Gasteiger partial charge is 0.394 e. The van der Waals surface area contributed by atoms with Gasteiger partial charge in [-0.05, 0) is 12.8 Å². The van der Waals surface area contributed by atoms with Gasteiger partial charge in [-0.3, -0.25) is 4.79 Å². The molecule has 0 radical (unpaired) electrons. The topological polar surface area (TPSA) is 149 Å². The fraction of sp³-hybridized carbons (Fsp3) is 0.980. The van der Waals surface area contributed by atoms with Gasteiger partial charge in [-0.1, -0.05) is 239 Å². The van der Waals surface area contributed by atoms with Gasteiger partial charge in [0.05, 0.1) is 25.4 Å². The molecule has 0 aromatic heterocycles.